The van der Waals surface area contributed by atoms with Gasteiger partial charge >= 0.3 is 6.18 Å². The molecule has 5 rings (SSSR count). The van der Waals surface area contributed by atoms with Crippen LogP contribution < -0.4 is 30.9 Å². The number of fused-ring (bicyclic) bond motifs is 1. The number of carbonyl (C=O) groups is 1. The standard InChI is InChI=1S/C27H30F3N7O2/c1-2-4-18-16-39-22-6-3-5-21(23(22)25(38)33-18)35-24-20(27(28,29)30)15-32-26(36-24)34-17-7-9-19(10-8-17)37-13-11-31-12-14-37/h3,5-10,15,18,31H,2,4,11-14,16H2,1H3,(H,33,38)(H2,32,34,35,36)/t18-/m0/s1. The molecule has 1 fully saturated rings. The molecule has 0 bridgehead atoms. The van der Waals surface area contributed by atoms with E-state index in [1.165, 1.54) is 6.07 Å². The van der Waals surface area contributed by atoms with Gasteiger partial charge in [0, 0.05) is 43.8 Å². The van der Waals surface area contributed by atoms with Gasteiger partial charge in [-0.15, -0.1) is 0 Å². The molecule has 3 aromatic rings. The normalized spacial score (nSPS) is 17.5. The molecular formula is C27H30F3N7O2. The van der Waals surface area contributed by atoms with Crippen molar-refractivity contribution in [1.29, 1.82) is 0 Å². The summed E-state index contributed by atoms with van der Waals surface area (Å²) in [4.78, 5) is 23.3. The van der Waals surface area contributed by atoms with Crippen LogP contribution in [-0.4, -0.2) is 54.7 Å². The second kappa shape index (κ2) is 11.4. The van der Waals surface area contributed by atoms with Gasteiger partial charge in [0.15, 0.2) is 0 Å². The molecule has 1 atom stereocenters. The van der Waals surface area contributed by atoms with E-state index >= 15 is 0 Å². The lowest BCUT2D eigenvalue weighted by Gasteiger charge is -2.29. The van der Waals surface area contributed by atoms with E-state index in [4.69, 9.17) is 4.74 Å². The maximum absolute atomic E-state index is 13.9. The zero-order chi connectivity index (χ0) is 27.4. The van der Waals surface area contributed by atoms with Crippen molar-refractivity contribution in [3.05, 3.63) is 59.8 Å². The SMILES string of the molecule is CCC[C@H]1COc2cccc(Nc3nc(Nc4ccc(N5CCNCC5)cc4)ncc3C(F)(F)F)c2C(=O)N1. The minimum atomic E-state index is -4.72. The van der Waals surface area contributed by atoms with Gasteiger partial charge in [0.2, 0.25) is 5.95 Å². The molecule has 9 nitrogen and oxygen atoms in total. The number of hydrogen-bond acceptors (Lipinski definition) is 8. The van der Waals surface area contributed by atoms with Gasteiger partial charge in [-0.3, -0.25) is 4.79 Å². The number of carbonyl (C=O) groups excluding carboxylic acids is 1. The fourth-order valence-corrected chi connectivity index (χ4v) is 4.66. The molecule has 2 aliphatic heterocycles. The summed E-state index contributed by atoms with van der Waals surface area (Å²) in [5.74, 6) is -0.629. The molecule has 12 heteroatoms. The highest BCUT2D eigenvalue weighted by atomic mass is 19.4. The van der Waals surface area contributed by atoms with Crippen LogP contribution in [0.1, 0.15) is 35.7 Å². The zero-order valence-corrected chi connectivity index (χ0v) is 21.4. The summed E-state index contributed by atoms with van der Waals surface area (Å²) in [5.41, 5.74) is 0.907. The number of benzene rings is 2. The predicted molar refractivity (Wildman–Crippen MR) is 143 cm³/mol. The Morgan fingerprint density at radius 2 is 1.87 bits per heavy atom. The summed E-state index contributed by atoms with van der Waals surface area (Å²) in [5, 5.41) is 11.9. The van der Waals surface area contributed by atoms with Crippen LogP contribution in [0.2, 0.25) is 0 Å². The number of rotatable bonds is 7. The second-order valence-electron chi connectivity index (χ2n) is 9.44. The summed E-state index contributed by atoms with van der Waals surface area (Å²) >= 11 is 0. The van der Waals surface area contributed by atoms with Gasteiger partial charge < -0.3 is 30.9 Å². The molecule has 1 aromatic heterocycles. The van der Waals surface area contributed by atoms with E-state index < -0.39 is 23.5 Å². The molecule has 1 saturated heterocycles. The van der Waals surface area contributed by atoms with E-state index in [1.54, 1.807) is 12.1 Å². The zero-order valence-electron chi connectivity index (χ0n) is 21.4. The van der Waals surface area contributed by atoms with Crippen LogP contribution in [0.5, 0.6) is 5.75 Å². The molecule has 0 unspecified atom stereocenters. The molecule has 4 N–H and O–H groups in total. The van der Waals surface area contributed by atoms with Crippen LogP contribution in [0, 0.1) is 0 Å². The first-order valence-electron chi connectivity index (χ1n) is 12.9. The Morgan fingerprint density at radius 3 is 2.59 bits per heavy atom. The maximum atomic E-state index is 13.9. The number of amides is 1. The monoisotopic (exact) mass is 541 g/mol. The lowest BCUT2D eigenvalue weighted by molar-refractivity contribution is -0.137. The number of nitrogens with zero attached hydrogens (tertiary/aromatic N) is 3. The van der Waals surface area contributed by atoms with E-state index in [1.807, 2.05) is 31.2 Å². The first-order chi connectivity index (χ1) is 18.8. The Balaban J connectivity index is 1.41. The Morgan fingerprint density at radius 1 is 1.10 bits per heavy atom. The van der Waals surface area contributed by atoms with Crippen LogP contribution in [0.15, 0.2) is 48.7 Å². The average Bonchev–Trinajstić information content (AvgIpc) is 3.08. The van der Waals surface area contributed by atoms with Gasteiger partial charge in [-0.25, -0.2) is 4.98 Å². The lowest BCUT2D eigenvalue weighted by Crippen LogP contribution is -2.43. The van der Waals surface area contributed by atoms with Crippen molar-refractivity contribution in [2.75, 3.05) is 48.3 Å². The summed E-state index contributed by atoms with van der Waals surface area (Å²) in [6.45, 7) is 5.89. The van der Waals surface area contributed by atoms with Crippen molar-refractivity contribution >= 4 is 34.7 Å². The molecule has 0 spiro atoms. The van der Waals surface area contributed by atoms with Gasteiger partial charge in [-0.1, -0.05) is 19.4 Å². The smallest absolute Gasteiger partial charge is 0.421 e. The fourth-order valence-electron chi connectivity index (χ4n) is 4.66. The van der Waals surface area contributed by atoms with Crippen LogP contribution in [0.3, 0.4) is 0 Å². The quantitative estimate of drug-likeness (QED) is 0.342. The lowest BCUT2D eigenvalue weighted by atomic mass is 10.1. The largest absolute Gasteiger partial charge is 0.491 e. The third-order valence-corrected chi connectivity index (χ3v) is 6.62. The summed E-state index contributed by atoms with van der Waals surface area (Å²) in [6.07, 6.45) is -2.43. The molecule has 3 heterocycles. The Kier molecular flexibility index (Phi) is 7.73. The van der Waals surface area contributed by atoms with Crippen molar-refractivity contribution in [3.8, 4) is 5.75 Å². The molecule has 0 radical (unpaired) electrons. The van der Waals surface area contributed by atoms with E-state index in [2.05, 4.69) is 36.1 Å². The number of anilines is 5. The molecule has 2 aliphatic rings. The molecule has 1 amide bonds. The molecule has 2 aromatic carbocycles. The first kappa shape index (κ1) is 26.5. The van der Waals surface area contributed by atoms with Crippen molar-refractivity contribution < 1.29 is 22.7 Å². The minimum Gasteiger partial charge on any atom is -0.491 e. The van der Waals surface area contributed by atoms with Crippen molar-refractivity contribution in [3.63, 3.8) is 0 Å². The minimum absolute atomic E-state index is 0.0221. The van der Waals surface area contributed by atoms with Gasteiger partial charge in [0.25, 0.3) is 5.91 Å². The van der Waals surface area contributed by atoms with Gasteiger partial charge in [-0.05, 0) is 42.8 Å². The highest BCUT2D eigenvalue weighted by Crippen LogP contribution is 2.37. The third-order valence-electron chi connectivity index (χ3n) is 6.62. The second-order valence-corrected chi connectivity index (χ2v) is 9.44. The van der Waals surface area contributed by atoms with E-state index in [0.29, 0.717) is 11.4 Å². The summed E-state index contributed by atoms with van der Waals surface area (Å²) < 4.78 is 47.5. The van der Waals surface area contributed by atoms with Crippen LogP contribution in [0.4, 0.5) is 42.0 Å². The number of alkyl halides is 3. The number of ether oxygens (including phenoxy) is 1. The van der Waals surface area contributed by atoms with Crippen LogP contribution >= 0.6 is 0 Å². The molecule has 0 aliphatic carbocycles. The Bertz CT molecular complexity index is 1310. The third kappa shape index (κ3) is 6.17. The predicted octanol–water partition coefficient (Wildman–Crippen LogP) is 4.68. The van der Waals surface area contributed by atoms with Gasteiger partial charge in [-0.2, -0.15) is 18.2 Å². The number of halogens is 3. The fraction of sp³-hybridized carbons (Fsp3) is 0.370. The van der Waals surface area contributed by atoms with Crippen molar-refractivity contribution in [2.45, 2.75) is 32.0 Å². The summed E-state index contributed by atoms with van der Waals surface area (Å²) in [7, 11) is 0. The first-order valence-corrected chi connectivity index (χ1v) is 12.9. The van der Waals surface area contributed by atoms with Crippen molar-refractivity contribution in [2.24, 2.45) is 0 Å². The Hall–Kier alpha value is -4.06. The maximum Gasteiger partial charge on any atom is 0.421 e. The van der Waals surface area contributed by atoms with E-state index in [-0.39, 0.29) is 29.8 Å². The van der Waals surface area contributed by atoms with Gasteiger partial charge in [0.1, 0.15) is 29.3 Å². The number of nitrogens with one attached hydrogen (secondary N) is 4. The highest BCUT2D eigenvalue weighted by molar-refractivity contribution is 6.03. The highest BCUT2D eigenvalue weighted by Gasteiger charge is 2.36. The topological polar surface area (TPSA) is 103 Å². The molecule has 0 saturated carbocycles. The summed E-state index contributed by atoms with van der Waals surface area (Å²) in [6, 6.07) is 12.1. The van der Waals surface area contributed by atoms with Gasteiger partial charge in [0.05, 0.1) is 11.7 Å². The molecule has 39 heavy (non-hydrogen) atoms. The Labute approximate surface area is 224 Å². The number of piperazine rings is 1. The van der Waals surface area contributed by atoms with Crippen LogP contribution in [-0.2, 0) is 6.18 Å². The average molecular weight is 542 g/mol. The molecular weight excluding hydrogens is 511 g/mol. The number of aromatic nitrogens is 2. The van der Waals surface area contributed by atoms with E-state index in [0.717, 1.165) is 50.9 Å². The van der Waals surface area contributed by atoms with Crippen LogP contribution in [0.25, 0.3) is 0 Å². The molecule has 206 valence electrons. The van der Waals surface area contributed by atoms with E-state index in [9.17, 15) is 18.0 Å². The van der Waals surface area contributed by atoms with Crippen molar-refractivity contribution in [1.82, 2.24) is 20.6 Å². The number of hydrogen-bond donors (Lipinski definition) is 4.